The number of imidazole rings is 1. The van der Waals surface area contributed by atoms with E-state index in [9.17, 15) is 9.59 Å². The molecule has 0 bridgehead atoms. The maximum Gasteiger partial charge on any atom is 0.323 e. The number of amides is 1. The van der Waals surface area contributed by atoms with Crippen molar-refractivity contribution in [3.05, 3.63) is 64.1 Å². The number of benzene rings is 2. The smallest absolute Gasteiger partial charge is 0.323 e. The Hall–Kier alpha value is -2.82. The van der Waals surface area contributed by atoms with E-state index in [4.69, 9.17) is 0 Å². The van der Waals surface area contributed by atoms with Gasteiger partial charge in [-0.2, -0.15) is 0 Å². The molecule has 0 spiro atoms. The van der Waals surface area contributed by atoms with Gasteiger partial charge >= 0.3 is 5.69 Å². The number of aromatic nitrogens is 2. The fourth-order valence-corrected chi connectivity index (χ4v) is 2.44. The second-order valence-corrected chi connectivity index (χ2v) is 5.33. The number of hydrogen-bond acceptors (Lipinski definition) is 2. The van der Waals surface area contributed by atoms with Crippen molar-refractivity contribution in [1.29, 1.82) is 0 Å². The van der Waals surface area contributed by atoms with Gasteiger partial charge in [0, 0.05) is 12.1 Å². The normalized spacial score (nSPS) is 10.8. The Labute approximate surface area is 127 Å². The van der Waals surface area contributed by atoms with Gasteiger partial charge in [0.1, 0.15) is 0 Å². The molecule has 0 fully saturated rings. The summed E-state index contributed by atoms with van der Waals surface area (Å²) in [4.78, 5) is 28.8. The summed E-state index contributed by atoms with van der Waals surface area (Å²) in [6, 6.07) is 13.5. The standard InChI is InChI=1S/C17H17N3O2/c1-11-9-14-15(20-17(22)19-14)10-13(11)18-16(21)8-7-12-5-3-2-4-6-12/h2-6,9-10H,7-8H2,1H3,(H,18,21)(H2,19,20,22). The highest BCUT2D eigenvalue weighted by Gasteiger charge is 2.08. The Morgan fingerprint density at radius 2 is 1.77 bits per heavy atom. The van der Waals surface area contributed by atoms with Crippen LogP contribution in [-0.4, -0.2) is 15.9 Å². The van der Waals surface area contributed by atoms with Crippen LogP contribution in [0.2, 0.25) is 0 Å². The monoisotopic (exact) mass is 295 g/mol. The minimum Gasteiger partial charge on any atom is -0.326 e. The van der Waals surface area contributed by atoms with Crippen LogP contribution in [-0.2, 0) is 11.2 Å². The minimum atomic E-state index is -0.248. The van der Waals surface area contributed by atoms with E-state index in [-0.39, 0.29) is 11.6 Å². The fraction of sp³-hybridized carbons (Fsp3) is 0.176. The van der Waals surface area contributed by atoms with Gasteiger partial charge in [0.05, 0.1) is 11.0 Å². The van der Waals surface area contributed by atoms with Crippen LogP contribution in [0.25, 0.3) is 11.0 Å². The van der Waals surface area contributed by atoms with Gasteiger partial charge in [0.25, 0.3) is 0 Å². The molecule has 5 heteroatoms. The summed E-state index contributed by atoms with van der Waals surface area (Å²) in [7, 11) is 0. The first kappa shape index (κ1) is 14.1. The van der Waals surface area contributed by atoms with Gasteiger partial charge in [-0.25, -0.2) is 4.79 Å². The largest absolute Gasteiger partial charge is 0.326 e. The highest BCUT2D eigenvalue weighted by Crippen LogP contribution is 2.20. The molecule has 0 saturated heterocycles. The second-order valence-electron chi connectivity index (χ2n) is 5.33. The molecule has 1 heterocycles. The number of hydrogen-bond donors (Lipinski definition) is 3. The Balaban J connectivity index is 1.71. The molecular formula is C17H17N3O2. The third kappa shape index (κ3) is 3.09. The molecule has 1 amide bonds. The lowest BCUT2D eigenvalue weighted by Gasteiger charge is -2.08. The van der Waals surface area contributed by atoms with Crippen LogP contribution in [0.4, 0.5) is 5.69 Å². The van der Waals surface area contributed by atoms with Gasteiger partial charge in [-0.05, 0) is 36.6 Å². The maximum atomic E-state index is 12.1. The average molecular weight is 295 g/mol. The van der Waals surface area contributed by atoms with Crippen LogP contribution in [0.1, 0.15) is 17.5 Å². The summed E-state index contributed by atoms with van der Waals surface area (Å²) >= 11 is 0. The summed E-state index contributed by atoms with van der Waals surface area (Å²) in [5, 5.41) is 2.91. The first-order valence-electron chi connectivity index (χ1n) is 7.18. The summed E-state index contributed by atoms with van der Waals surface area (Å²) in [6.45, 7) is 1.90. The average Bonchev–Trinajstić information content (AvgIpc) is 2.85. The Morgan fingerprint density at radius 3 is 2.50 bits per heavy atom. The van der Waals surface area contributed by atoms with Gasteiger partial charge in [-0.15, -0.1) is 0 Å². The van der Waals surface area contributed by atoms with Gasteiger partial charge in [-0.1, -0.05) is 30.3 Å². The number of carbonyl (C=O) groups is 1. The van der Waals surface area contributed by atoms with Gasteiger partial charge < -0.3 is 15.3 Å². The molecule has 0 atom stereocenters. The number of rotatable bonds is 4. The van der Waals surface area contributed by atoms with Crippen molar-refractivity contribution < 1.29 is 4.79 Å². The van der Waals surface area contributed by atoms with E-state index in [0.29, 0.717) is 18.4 Å². The molecule has 0 unspecified atom stereocenters. The zero-order chi connectivity index (χ0) is 15.5. The third-order valence-electron chi connectivity index (χ3n) is 3.62. The van der Waals surface area contributed by atoms with E-state index in [0.717, 1.165) is 22.3 Å². The molecule has 112 valence electrons. The molecule has 0 saturated carbocycles. The van der Waals surface area contributed by atoms with Gasteiger partial charge in [-0.3, -0.25) is 4.79 Å². The van der Waals surface area contributed by atoms with E-state index >= 15 is 0 Å². The van der Waals surface area contributed by atoms with E-state index in [1.165, 1.54) is 0 Å². The zero-order valence-corrected chi connectivity index (χ0v) is 12.3. The van der Waals surface area contributed by atoms with Crippen LogP contribution in [0.15, 0.2) is 47.3 Å². The molecule has 22 heavy (non-hydrogen) atoms. The summed E-state index contributed by atoms with van der Waals surface area (Å²) in [6.07, 6.45) is 1.13. The first-order chi connectivity index (χ1) is 10.6. The van der Waals surface area contributed by atoms with Gasteiger partial charge in [0.2, 0.25) is 5.91 Å². The van der Waals surface area contributed by atoms with Crippen molar-refractivity contribution in [2.75, 3.05) is 5.32 Å². The van der Waals surface area contributed by atoms with E-state index < -0.39 is 0 Å². The number of nitrogens with one attached hydrogen (secondary N) is 3. The lowest BCUT2D eigenvalue weighted by Crippen LogP contribution is -2.13. The molecule has 3 aromatic rings. The number of aromatic amines is 2. The summed E-state index contributed by atoms with van der Waals surface area (Å²) in [5.74, 6) is -0.0378. The maximum absolute atomic E-state index is 12.1. The van der Waals surface area contributed by atoms with Crippen LogP contribution >= 0.6 is 0 Å². The number of H-pyrrole nitrogens is 2. The van der Waals surface area contributed by atoms with Gasteiger partial charge in [0.15, 0.2) is 0 Å². The van der Waals surface area contributed by atoms with E-state index in [1.54, 1.807) is 6.07 Å². The second kappa shape index (κ2) is 5.89. The topological polar surface area (TPSA) is 77.8 Å². The van der Waals surface area contributed by atoms with Crippen molar-refractivity contribution in [2.24, 2.45) is 0 Å². The van der Waals surface area contributed by atoms with Crippen LogP contribution in [0.5, 0.6) is 0 Å². The highest BCUT2D eigenvalue weighted by molar-refractivity contribution is 5.94. The zero-order valence-electron chi connectivity index (χ0n) is 12.3. The van der Waals surface area contributed by atoms with Crippen molar-refractivity contribution in [2.45, 2.75) is 19.8 Å². The lowest BCUT2D eigenvalue weighted by molar-refractivity contribution is -0.116. The van der Waals surface area contributed by atoms with Crippen LogP contribution < -0.4 is 11.0 Å². The van der Waals surface area contributed by atoms with Crippen molar-refractivity contribution >= 4 is 22.6 Å². The van der Waals surface area contributed by atoms with Crippen molar-refractivity contribution in [1.82, 2.24) is 9.97 Å². The Morgan fingerprint density at radius 1 is 1.09 bits per heavy atom. The molecule has 0 aliphatic rings. The SMILES string of the molecule is Cc1cc2[nH]c(=O)[nH]c2cc1NC(=O)CCc1ccccc1. The van der Waals surface area contributed by atoms with Crippen molar-refractivity contribution in [3.63, 3.8) is 0 Å². The Bertz CT molecular complexity index is 862. The number of anilines is 1. The quantitative estimate of drug-likeness (QED) is 0.692. The van der Waals surface area contributed by atoms with E-state index in [2.05, 4.69) is 15.3 Å². The minimum absolute atomic E-state index is 0.0378. The molecule has 1 aromatic heterocycles. The van der Waals surface area contributed by atoms with Crippen molar-refractivity contribution in [3.8, 4) is 0 Å². The molecule has 3 N–H and O–H groups in total. The molecule has 0 aliphatic heterocycles. The molecule has 3 rings (SSSR count). The predicted molar refractivity (Wildman–Crippen MR) is 87.0 cm³/mol. The molecular weight excluding hydrogens is 278 g/mol. The predicted octanol–water partition coefficient (Wildman–Crippen LogP) is 2.74. The lowest BCUT2D eigenvalue weighted by atomic mass is 10.1. The first-order valence-corrected chi connectivity index (χ1v) is 7.18. The number of aryl methyl sites for hydroxylation is 2. The highest BCUT2D eigenvalue weighted by atomic mass is 16.1. The third-order valence-corrected chi connectivity index (χ3v) is 3.62. The molecule has 5 nitrogen and oxygen atoms in total. The van der Waals surface area contributed by atoms with Crippen LogP contribution in [0, 0.1) is 6.92 Å². The Kier molecular flexibility index (Phi) is 3.78. The fourth-order valence-electron chi connectivity index (χ4n) is 2.44. The number of fused-ring (bicyclic) bond motifs is 1. The summed E-state index contributed by atoms with van der Waals surface area (Å²) in [5.41, 5.74) is 3.96. The molecule has 0 radical (unpaired) electrons. The van der Waals surface area contributed by atoms with Crippen LogP contribution in [0.3, 0.4) is 0 Å². The molecule has 0 aliphatic carbocycles. The molecule has 2 aromatic carbocycles. The summed E-state index contributed by atoms with van der Waals surface area (Å²) < 4.78 is 0. The number of carbonyl (C=O) groups excluding carboxylic acids is 1. The van der Waals surface area contributed by atoms with E-state index in [1.807, 2.05) is 43.3 Å².